The van der Waals surface area contributed by atoms with Crippen molar-refractivity contribution in [1.82, 2.24) is 19.1 Å². The van der Waals surface area contributed by atoms with Crippen molar-refractivity contribution in [3.8, 4) is 5.69 Å². The standard InChI is InChI=1S/C20H23N5O3S2/c1-14-10-15(2)25(23-14)17-5-3-4-16(11-17)22-20(26)19-12-18(13-21-19)30(27,28)24-6-8-29-9-7-24/h3-5,10-13,21H,6-9H2,1-2H3,(H,22,26). The molecule has 2 aromatic heterocycles. The summed E-state index contributed by atoms with van der Waals surface area (Å²) in [4.78, 5) is 15.6. The van der Waals surface area contributed by atoms with Gasteiger partial charge in [0.15, 0.2) is 0 Å². The lowest BCUT2D eigenvalue weighted by Gasteiger charge is -2.24. The molecule has 4 rings (SSSR count). The van der Waals surface area contributed by atoms with Gasteiger partial charge in [-0.05, 0) is 44.2 Å². The van der Waals surface area contributed by atoms with Gasteiger partial charge in [-0.3, -0.25) is 4.79 Å². The highest BCUT2D eigenvalue weighted by Gasteiger charge is 2.27. The normalized spacial score (nSPS) is 15.3. The number of carbonyl (C=O) groups is 1. The van der Waals surface area contributed by atoms with Crippen molar-refractivity contribution in [2.75, 3.05) is 29.9 Å². The molecular weight excluding hydrogens is 422 g/mol. The van der Waals surface area contributed by atoms with Crippen LogP contribution in [0.5, 0.6) is 0 Å². The molecule has 10 heteroatoms. The second-order valence-electron chi connectivity index (χ2n) is 7.11. The van der Waals surface area contributed by atoms with E-state index in [9.17, 15) is 13.2 Å². The molecule has 1 amide bonds. The van der Waals surface area contributed by atoms with Crippen molar-refractivity contribution < 1.29 is 13.2 Å². The van der Waals surface area contributed by atoms with Crippen LogP contribution in [0.1, 0.15) is 21.9 Å². The Labute approximate surface area is 179 Å². The van der Waals surface area contributed by atoms with Gasteiger partial charge in [0.05, 0.1) is 11.4 Å². The van der Waals surface area contributed by atoms with E-state index in [0.29, 0.717) is 18.8 Å². The van der Waals surface area contributed by atoms with Crippen LogP contribution in [-0.2, 0) is 10.0 Å². The maximum absolute atomic E-state index is 12.8. The maximum Gasteiger partial charge on any atom is 0.272 e. The van der Waals surface area contributed by atoms with Crippen molar-refractivity contribution in [3.05, 3.63) is 59.7 Å². The molecule has 0 aliphatic carbocycles. The Balaban J connectivity index is 1.51. The molecule has 1 aromatic carbocycles. The number of thioether (sulfide) groups is 1. The smallest absolute Gasteiger partial charge is 0.272 e. The Kier molecular flexibility index (Phi) is 5.72. The van der Waals surface area contributed by atoms with Gasteiger partial charge in [0.2, 0.25) is 10.0 Å². The first-order valence-corrected chi connectivity index (χ1v) is 12.2. The Morgan fingerprint density at radius 2 is 1.93 bits per heavy atom. The zero-order chi connectivity index (χ0) is 21.3. The molecule has 0 saturated carbocycles. The minimum absolute atomic E-state index is 0.107. The number of rotatable bonds is 5. The van der Waals surface area contributed by atoms with E-state index in [1.807, 2.05) is 38.1 Å². The molecule has 8 nitrogen and oxygen atoms in total. The predicted octanol–water partition coefficient (Wildman–Crippen LogP) is 2.81. The number of benzene rings is 1. The molecule has 0 radical (unpaired) electrons. The highest BCUT2D eigenvalue weighted by molar-refractivity contribution is 7.99. The lowest BCUT2D eigenvalue weighted by atomic mass is 10.2. The molecule has 30 heavy (non-hydrogen) atoms. The molecule has 158 valence electrons. The van der Waals surface area contributed by atoms with Crippen LogP contribution in [0.3, 0.4) is 0 Å². The summed E-state index contributed by atoms with van der Waals surface area (Å²) in [5, 5.41) is 7.27. The molecule has 1 aliphatic heterocycles. The minimum atomic E-state index is -3.60. The fourth-order valence-corrected chi connectivity index (χ4v) is 5.96. The summed E-state index contributed by atoms with van der Waals surface area (Å²) < 4.78 is 28.8. The quantitative estimate of drug-likeness (QED) is 0.629. The van der Waals surface area contributed by atoms with Gasteiger partial charge in [0.25, 0.3) is 5.91 Å². The van der Waals surface area contributed by atoms with E-state index in [0.717, 1.165) is 28.6 Å². The van der Waals surface area contributed by atoms with Crippen molar-refractivity contribution in [3.63, 3.8) is 0 Å². The van der Waals surface area contributed by atoms with Crippen LogP contribution in [0.25, 0.3) is 5.69 Å². The number of aromatic nitrogens is 3. The zero-order valence-electron chi connectivity index (χ0n) is 16.8. The summed E-state index contributed by atoms with van der Waals surface area (Å²) in [5.74, 6) is 1.15. The minimum Gasteiger partial charge on any atom is -0.356 e. The molecule has 0 bridgehead atoms. The van der Waals surface area contributed by atoms with E-state index in [2.05, 4.69) is 15.4 Å². The second-order valence-corrected chi connectivity index (χ2v) is 10.3. The third-order valence-electron chi connectivity index (χ3n) is 4.87. The fraction of sp³-hybridized carbons (Fsp3) is 0.300. The maximum atomic E-state index is 12.8. The average molecular weight is 446 g/mol. The highest BCUT2D eigenvalue weighted by Crippen LogP contribution is 2.22. The van der Waals surface area contributed by atoms with E-state index < -0.39 is 15.9 Å². The molecule has 0 spiro atoms. The van der Waals surface area contributed by atoms with Crippen LogP contribution in [0.4, 0.5) is 5.69 Å². The number of anilines is 1. The number of nitrogens with zero attached hydrogens (tertiary/aromatic N) is 3. The van der Waals surface area contributed by atoms with Gasteiger partial charge in [-0.15, -0.1) is 0 Å². The predicted molar refractivity (Wildman–Crippen MR) is 118 cm³/mol. The topological polar surface area (TPSA) is 100 Å². The van der Waals surface area contributed by atoms with Crippen molar-refractivity contribution in [2.24, 2.45) is 0 Å². The molecule has 1 fully saturated rings. The molecule has 1 aliphatic rings. The van der Waals surface area contributed by atoms with Crippen LogP contribution in [-0.4, -0.2) is 58.0 Å². The number of hydrogen-bond acceptors (Lipinski definition) is 5. The van der Waals surface area contributed by atoms with Crippen LogP contribution >= 0.6 is 11.8 Å². The summed E-state index contributed by atoms with van der Waals surface area (Å²) in [5.41, 5.74) is 3.52. The third kappa shape index (κ3) is 4.16. The Hall–Kier alpha value is -2.56. The molecule has 0 unspecified atom stereocenters. The fourth-order valence-electron chi connectivity index (χ4n) is 3.39. The van der Waals surface area contributed by atoms with Crippen molar-refractivity contribution in [1.29, 1.82) is 0 Å². The first-order valence-electron chi connectivity index (χ1n) is 9.56. The number of hydrogen-bond donors (Lipinski definition) is 2. The molecule has 0 atom stereocenters. The Morgan fingerprint density at radius 3 is 2.63 bits per heavy atom. The van der Waals surface area contributed by atoms with Gasteiger partial charge >= 0.3 is 0 Å². The number of nitrogens with one attached hydrogen (secondary N) is 2. The van der Waals surface area contributed by atoms with E-state index >= 15 is 0 Å². The molecule has 3 heterocycles. The number of aromatic amines is 1. The summed E-state index contributed by atoms with van der Waals surface area (Å²) in [7, 11) is -3.60. The van der Waals surface area contributed by atoms with Gasteiger partial charge in [-0.25, -0.2) is 13.1 Å². The number of carbonyl (C=O) groups excluding carboxylic acids is 1. The van der Waals surface area contributed by atoms with Gasteiger partial charge in [0, 0.05) is 42.2 Å². The van der Waals surface area contributed by atoms with E-state index in [4.69, 9.17) is 0 Å². The van der Waals surface area contributed by atoms with Gasteiger partial charge in [0.1, 0.15) is 10.6 Å². The van der Waals surface area contributed by atoms with Crippen LogP contribution in [0, 0.1) is 13.8 Å². The van der Waals surface area contributed by atoms with Crippen molar-refractivity contribution >= 4 is 33.4 Å². The largest absolute Gasteiger partial charge is 0.356 e. The summed E-state index contributed by atoms with van der Waals surface area (Å²) in [6.07, 6.45) is 1.37. The molecule has 2 N–H and O–H groups in total. The van der Waals surface area contributed by atoms with Crippen LogP contribution in [0.15, 0.2) is 47.5 Å². The number of aryl methyl sites for hydroxylation is 2. The monoisotopic (exact) mass is 445 g/mol. The van der Waals surface area contributed by atoms with Crippen LogP contribution in [0.2, 0.25) is 0 Å². The lowest BCUT2D eigenvalue weighted by molar-refractivity contribution is 0.102. The molecule has 3 aromatic rings. The number of sulfonamides is 1. The molecular formula is C20H23N5O3S2. The first-order chi connectivity index (χ1) is 14.3. The third-order valence-corrected chi connectivity index (χ3v) is 7.69. The summed E-state index contributed by atoms with van der Waals surface area (Å²) >= 11 is 1.74. The second kappa shape index (κ2) is 8.29. The summed E-state index contributed by atoms with van der Waals surface area (Å²) in [6.45, 7) is 4.86. The summed E-state index contributed by atoms with van der Waals surface area (Å²) in [6, 6.07) is 10.7. The van der Waals surface area contributed by atoms with Crippen LogP contribution < -0.4 is 5.32 Å². The Morgan fingerprint density at radius 1 is 1.17 bits per heavy atom. The first kappa shape index (κ1) is 20.7. The molecule has 1 saturated heterocycles. The lowest BCUT2D eigenvalue weighted by Crippen LogP contribution is -2.37. The Bertz CT molecular complexity index is 1180. The van der Waals surface area contributed by atoms with Gasteiger partial charge < -0.3 is 10.3 Å². The van der Waals surface area contributed by atoms with E-state index in [1.54, 1.807) is 22.5 Å². The number of amides is 1. The zero-order valence-corrected chi connectivity index (χ0v) is 18.4. The SMILES string of the molecule is Cc1cc(C)n(-c2cccc(NC(=O)c3cc(S(=O)(=O)N4CCSCC4)c[nH]3)c2)n1. The van der Waals surface area contributed by atoms with Gasteiger partial charge in [-0.1, -0.05) is 6.07 Å². The van der Waals surface area contributed by atoms with E-state index in [1.165, 1.54) is 16.6 Å². The van der Waals surface area contributed by atoms with Gasteiger partial charge in [-0.2, -0.15) is 21.2 Å². The average Bonchev–Trinajstić information content (AvgIpc) is 3.36. The highest BCUT2D eigenvalue weighted by atomic mass is 32.2. The van der Waals surface area contributed by atoms with E-state index in [-0.39, 0.29) is 10.6 Å². The van der Waals surface area contributed by atoms with Crippen molar-refractivity contribution in [2.45, 2.75) is 18.7 Å². The number of H-pyrrole nitrogens is 1.